The van der Waals surface area contributed by atoms with Gasteiger partial charge in [0.05, 0.1) is 12.5 Å². The molecule has 0 aliphatic heterocycles. The van der Waals surface area contributed by atoms with E-state index in [1.165, 1.54) is 10.4 Å². The number of nitrogens with zero attached hydrogens (tertiary/aromatic N) is 4. The highest BCUT2D eigenvalue weighted by molar-refractivity contribution is 5.96. The molecule has 0 radical (unpaired) electrons. The van der Waals surface area contributed by atoms with Gasteiger partial charge in [0.25, 0.3) is 5.91 Å². The summed E-state index contributed by atoms with van der Waals surface area (Å²) in [6.07, 6.45) is 2.12. The van der Waals surface area contributed by atoms with Gasteiger partial charge in [-0.3, -0.25) is 20.4 Å². The second-order valence-corrected chi connectivity index (χ2v) is 9.22. The molecule has 1 aliphatic rings. The molecule has 1 heterocycles. The van der Waals surface area contributed by atoms with E-state index in [0.717, 1.165) is 11.1 Å². The van der Waals surface area contributed by atoms with Crippen LogP contribution in [0.15, 0.2) is 66.2 Å². The van der Waals surface area contributed by atoms with Crippen LogP contribution in [0.25, 0.3) is 11.4 Å². The van der Waals surface area contributed by atoms with Crippen molar-refractivity contribution in [3.8, 4) is 11.4 Å². The number of carbonyl (C=O) groups is 2. The highest BCUT2D eigenvalue weighted by Gasteiger charge is 2.60. The molecular weight excluding hydrogens is 416 g/mol. The fourth-order valence-electron chi connectivity index (χ4n) is 4.05. The van der Waals surface area contributed by atoms with Crippen molar-refractivity contribution in [1.82, 2.24) is 31.1 Å². The minimum atomic E-state index is -0.364. The molecule has 8 heteroatoms. The fraction of sp³-hybridized carbons (Fsp3) is 0.320. The summed E-state index contributed by atoms with van der Waals surface area (Å²) in [7, 11) is 0. The van der Waals surface area contributed by atoms with Crippen LogP contribution >= 0.6 is 0 Å². The molecule has 3 aromatic rings. The van der Waals surface area contributed by atoms with Crippen molar-refractivity contribution in [1.29, 1.82) is 0 Å². The van der Waals surface area contributed by atoms with Gasteiger partial charge in [0.2, 0.25) is 11.7 Å². The lowest BCUT2D eigenvalue weighted by molar-refractivity contribution is -0.123. The molecule has 2 unspecified atom stereocenters. The van der Waals surface area contributed by atoms with Gasteiger partial charge in [-0.15, -0.1) is 10.2 Å². The lowest BCUT2D eigenvalue weighted by Crippen LogP contribution is -2.43. The molecule has 0 spiro atoms. The highest BCUT2D eigenvalue weighted by Crippen LogP contribution is 2.59. The van der Waals surface area contributed by atoms with E-state index in [4.69, 9.17) is 0 Å². The van der Waals surface area contributed by atoms with Crippen LogP contribution in [0, 0.1) is 17.3 Å². The second-order valence-electron chi connectivity index (χ2n) is 9.22. The zero-order chi connectivity index (χ0) is 23.6. The summed E-state index contributed by atoms with van der Waals surface area (Å²) in [5.74, 6) is 0.0711. The number of amides is 2. The largest absolute Gasteiger partial charge is 0.273 e. The molecule has 0 saturated heterocycles. The zero-order valence-electron chi connectivity index (χ0n) is 19.2. The normalized spacial score (nSPS) is 18.3. The second kappa shape index (κ2) is 8.97. The minimum Gasteiger partial charge on any atom is -0.273 e. The van der Waals surface area contributed by atoms with Crippen molar-refractivity contribution in [2.45, 2.75) is 34.2 Å². The van der Waals surface area contributed by atoms with Gasteiger partial charge in [0, 0.05) is 11.1 Å². The molecular formula is C25H28N6O2. The first kappa shape index (κ1) is 22.4. The van der Waals surface area contributed by atoms with Gasteiger partial charge in [-0.2, -0.15) is 4.80 Å². The topological polar surface area (TPSA) is 102 Å². The Morgan fingerprint density at radius 1 is 1.03 bits per heavy atom. The third-order valence-electron chi connectivity index (χ3n) is 6.03. The predicted molar refractivity (Wildman–Crippen MR) is 125 cm³/mol. The summed E-state index contributed by atoms with van der Waals surface area (Å²) >= 11 is 0. The molecule has 8 nitrogen and oxygen atoms in total. The number of tetrazole rings is 1. The Bertz CT molecular complexity index is 1180. The predicted octanol–water partition coefficient (Wildman–Crippen LogP) is 3.39. The van der Waals surface area contributed by atoms with Crippen LogP contribution in [-0.4, -0.2) is 32.0 Å². The van der Waals surface area contributed by atoms with E-state index in [0.29, 0.717) is 17.9 Å². The van der Waals surface area contributed by atoms with Gasteiger partial charge in [-0.05, 0) is 48.1 Å². The smallest absolute Gasteiger partial charge is 0.269 e. The minimum absolute atomic E-state index is 0.108. The molecule has 0 bridgehead atoms. The number of rotatable bonds is 6. The number of hydrazine groups is 1. The standard InChI is InChI=1S/C25H28N6O2/c1-16(2)14-20-21(25(20,3)4)24(33)28-27-23(32)19-12-10-17(11-13-19)15-31-29-22(26-30-31)18-8-6-5-7-9-18/h5-14,20-21H,15H2,1-4H3,(H,27,32)(H,28,33). The number of aromatic nitrogens is 4. The lowest BCUT2D eigenvalue weighted by atomic mass is 10.1. The number of nitrogens with one attached hydrogen (secondary N) is 2. The molecule has 4 rings (SSSR count). The Morgan fingerprint density at radius 3 is 2.39 bits per heavy atom. The van der Waals surface area contributed by atoms with E-state index in [1.807, 2.05) is 56.3 Å². The van der Waals surface area contributed by atoms with Crippen molar-refractivity contribution < 1.29 is 9.59 Å². The van der Waals surface area contributed by atoms with Crippen molar-refractivity contribution in [2.75, 3.05) is 0 Å². The first-order valence-corrected chi connectivity index (χ1v) is 10.9. The number of hydrogen-bond acceptors (Lipinski definition) is 5. The van der Waals surface area contributed by atoms with Crippen molar-refractivity contribution >= 4 is 11.8 Å². The molecule has 1 saturated carbocycles. The van der Waals surface area contributed by atoms with Crippen LogP contribution in [-0.2, 0) is 11.3 Å². The summed E-state index contributed by atoms with van der Waals surface area (Å²) in [4.78, 5) is 26.5. The van der Waals surface area contributed by atoms with Gasteiger partial charge < -0.3 is 0 Å². The summed E-state index contributed by atoms with van der Waals surface area (Å²) in [6, 6.07) is 16.7. The molecule has 2 atom stereocenters. The van der Waals surface area contributed by atoms with Crippen LogP contribution in [0.3, 0.4) is 0 Å². The average molecular weight is 445 g/mol. The number of benzene rings is 2. The van der Waals surface area contributed by atoms with E-state index in [2.05, 4.69) is 46.2 Å². The average Bonchev–Trinajstić information content (AvgIpc) is 3.11. The molecule has 1 aliphatic carbocycles. The maximum absolute atomic E-state index is 12.5. The lowest BCUT2D eigenvalue weighted by Gasteiger charge is -2.09. The van der Waals surface area contributed by atoms with Gasteiger partial charge in [0.1, 0.15) is 0 Å². The van der Waals surface area contributed by atoms with Gasteiger partial charge in [-0.25, -0.2) is 0 Å². The van der Waals surface area contributed by atoms with Crippen LogP contribution in [0.2, 0.25) is 0 Å². The SMILES string of the molecule is CC(C)=CC1C(C(=O)NNC(=O)c2ccc(Cn3nnc(-c4ccccc4)n3)cc2)C1(C)C. The van der Waals surface area contributed by atoms with E-state index in [-0.39, 0.29) is 29.1 Å². The zero-order valence-corrected chi connectivity index (χ0v) is 19.2. The van der Waals surface area contributed by atoms with Gasteiger partial charge in [0.15, 0.2) is 0 Å². The molecule has 2 aromatic carbocycles. The van der Waals surface area contributed by atoms with Gasteiger partial charge in [-0.1, -0.05) is 68.0 Å². The van der Waals surface area contributed by atoms with Crippen LogP contribution in [0.1, 0.15) is 43.6 Å². The molecule has 1 aromatic heterocycles. The third-order valence-corrected chi connectivity index (χ3v) is 6.03. The molecule has 1 fully saturated rings. The quantitative estimate of drug-likeness (QED) is 0.448. The Kier molecular flexibility index (Phi) is 6.09. The first-order valence-electron chi connectivity index (χ1n) is 10.9. The van der Waals surface area contributed by atoms with Crippen LogP contribution in [0.5, 0.6) is 0 Å². The Labute approximate surface area is 193 Å². The monoisotopic (exact) mass is 444 g/mol. The van der Waals surface area contributed by atoms with Crippen molar-refractivity contribution in [2.24, 2.45) is 17.3 Å². The highest BCUT2D eigenvalue weighted by atomic mass is 16.2. The van der Waals surface area contributed by atoms with Crippen molar-refractivity contribution in [3.63, 3.8) is 0 Å². The van der Waals surface area contributed by atoms with Crippen molar-refractivity contribution in [3.05, 3.63) is 77.4 Å². The third kappa shape index (κ3) is 5.00. The Morgan fingerprint density at radius 2 is 1.73 bits per heavy atom. The number of allylic oxidation sites excluding steroid dienone is 2. The molecule has 170 valence electrons. The van der Waals surface area contributed by atoms with E-state index >= 15 is 0 Å². The molecule has 2 N–H and O–H groups in total. The molecule has 2 amide bonds. The van der Waals surface area contributed by atoms with Crippen LogP contribution in [0.4, 0.5) is 0 Å². The van der Waals surface area contributed by atoms with Gasteiger partial charge >= 0.3 is 0 Å². The maximum atomic E-state index is 12.5. The van der Waals surface area contributed by atoms with E-state index < -0.39 is 0 Å². The Hall–Kier alpha value is -3.81. The fourth-order valence-corrected chi connectivity index (χ4v) is 4.05. The summed E-state index contributed by atoms with van der Waals surface area (Å²) in [5.41, 5.74) is 8.46. The summed E-state index contributed by atoms with van der Waals surface area (Å²) in [6.45, 7) is 8.61. The maximum Gasteiger partial charge on any atom is 0.269 e. The summed E-state index contributed by atoms with van der Waals surface area (Å²) in [5, 5.41) is 12.6. The number of carbonyl (C=O) groups excluding carboxylic acids is 2. The number of hydrogen-bond donors (Lipinski definition) is 2. The summed E-state index contributed by atoms with van der Waals surface area (Å²) < 4.78 is 0. The molecule has 33 heavy (non-hydrogen) atoms. The Balaban J connectivity index is 1.31. The van der Waals surface area contributed by atoms with E-state index in [1.54, 1.807) is 12.1 Å². The first-order chi connectivity index (χ1) is 15.8. The van der Waals surface area contributed by atoms with Crippen LogP contribution < -0.4 is 10.9 Å². The van der Waals surface area contributed by atoms with E-state index in [9.17, 15) is 9.59 Å².